The topological polar surface area (TPSA) is 114 Å². The number of amides is 1. The first kappa shape index (κ1) is 22.8. The summed E-state index contributed by atoms with van der Waals surface area (Å²) < 4.78 is 51.8. The summed E-state index contributed by atoms with van der Waals surface area (Å²) in [4.78, 5) is 17.5. The zero-order chi connectivity index (χ0) is 23.1. The molecule has 0 radical (unpaired) electrons. The monoisotopic (exact) mass is 493 g/mol. The summed E-state index contributed by atoms with van der Waals surface area (Å²) in [5.74, 6) is -0.484. The Hall–Kier alpha value is -2.34. The molecule has 3 aromatic rings. The lowest BCUT2D eigenvalue weighted by atomic mass is 10.1. The van der Waals surface area contributed by atoms with Crippen LogP contribution in [0.3, 0.4) is 0 Å². The zero-order valence-electron chi connectivity index (χ0n) is 17.7. The van der Waals surface area contributed by atoms with Crippen LogP contribution in [0.25, 0.3) is 10.2 Å². The molecule has 0 aliphatic carbocycles. The molecule has 32 heavy (non-hydrogen) atoms. The fourth-order valence-electron chi connectivity index (χ4n) is 3.62. The van der Waals surface area contributed by atoms with Gasteiger partial charge in [0.1, 0.15) is 0 Å². The van der Waals surface area contributed by atoms with Gasteiger partial charge in [-0.05, 0) is 55.7 Å². The second-order valence-corrected chi connectivity index (χ2v) is 12.8. The van der Waals surface area contributed by atoms with Crippen LogP contribution in [0, 0.1) is 6.92 Å². The lowest BCUT2D eigenvalue weighted by Crippen LogP contribution is -2.36. The number of sulfonamides is 1. The summed E-state index contributed by atoms with van der Waals surface area (Å²) >= 11 is 1.15. The minimum absolute atomic E-state index is 0.133. The van der Waals surface area contributed by atoms with E-state index in [1.54, 1.807) is 25.1 Å². The van der Waals surface area contributed by atoms with Crippen molar-refractivity contribution in [3.63, 3.8) is 0 Å². The van der Waals surface area contributed by atoms with Gasteiger partial charge in [0.25, 0.3) is 5.91 Å². The number of hydrogen-bond donors (Lipinski definition) is 1. The van der Waals surface area contributed by atoms with Crippen molar-refractivity contribution in [2.45, 2.75) is 36.0 Å². The number of nitrogens with zero attached hydrogens (tertiary/aromatic N) is 2. The third-order valence-corrected chi connectivity index (χ3v) is 9.48. The molecular weight excluding hydrogens is 470 g/mol. The number of anilines is 1. The smallest absolute Gasteiger partial charge is 0.257 e. The minimum Gasteiger partial charge on any atom is -0.298 e. The Morgan fingerprint density at radius 1 is 1.03 bits per heavy atom. The molecule has 8 nitrogen and oxygen atoms in total. The normalized spacial score (nSPS) is 15.7. The van der Waals surface area contributed by atoms with E-state index in [9.17, 15) is 21.6 Å². The summed E-state index contributed by atoms with van der Waals surface area (Å²) in [6, 6.07) is 9.20. The van der Waals surface area contributed by atoms with Crippen molar-refractivity contribution in [1.82, 2.24) is 9.29 Å². The van der Waals surface area contributed by atoms with E-state index in [-0.39, 0.29) is 15.4 Å². The summed E-state index contributed by atoms with van der Waals surface area (Å²) in [6.07, 6.45) is 3.81. The van der Waals surface area contributed by atoms with Crippen LogP contribution in [0.2, 0.25) is 0 Å². The fourth-order valence-corrected chi connectivity index (χ4v) is 7.01. The largest absolute Gasteiger partial charge is 0.298 e. The summed E-state index contributed by atoms with van der Waals surface area (Å²) in [5, 5.41) is 3.00. The number of piperidine rings is 1. The van der Waals surface area contributed by atoms with Crippen LogP contribution in [0.1, 0.15) is 35.2 Å². The van der Waals surface area contributed by atoms with E-state index < -0.39 is 25.8 Å². The van der Waals surface area contributed by atoms with Gasteiger partial charge in [-0.1, -0.05) is 23.8 Å². The Morgan fingerprint density at radius 3 is 2.44 bits per heavy atom. The maximum atomic E-state index is 13.1. The second-order valence-electron chi connectivity index (χ2n) is 7.82. The summed E-state index contributed by atoms with van der Waals surface area (Å²) in [6.45, 7) is 2.68. The van der Waals surface area contributed by atoms with E-state index in [4.69, 9.17) is 0 Å². The number of carbonyl (C=O) groups excluding carboxylic acids is 1. The van der Waals surface area contributed by atoms with Crippen molar-refractivity contribution < 1.29 is 21.6 Å². The number of sulfone groups is 1. The number of aromatic nitrogens is 1. The molecule has 1 aliphatic heterocycles. The molecule has 0 saturated carbocycles. The van der Waals surface area contributed by atoms with E-state index in [0.29, 0.717) is 34.0 Å². The lowest BCUT2D eigenvalue weighted by Gasteiger charge is -2.26. The zero-order valence-corrected chi connectivity index (χ0v) is 20.1. The molecule has 1 aromatic heterocycles. The van der Waals surface area contributed by atoms with Gasteiger partial charge in [-0.15, -0.1) is 0 Å². The van der Waals surface area contributed by atoms with Crippen molar-refractivity contribution >= 4 is 52.5 Å². The predicted octanol–water partition coefficient (Wildman–Crippen LogP) is 3.44. The standard InChI is InChI=1S/C21H23N3O5S3/c1-14-6-7-15(12-19(14)32(28,29)24-10-4-3-5-11-24)20(25)23-21-22-17-9-8-16(31(2,26)27)13-18(17)30-21/h6-9,12-13H,3-5,10-11H2,1-2H3,(H,22,23,25). The van der Waals surface area contributed by atoms with E-state index in [1.165, 1.54) is 22.5 Å². The third kappa shape index (κ3) is 4.56. The molecular formula is C21H23N3O5S3. The summed E-state index contributed by atoms with van der Waals surface area (Å²) in [7, 11) is -7.03. The molecule has 1 saturated heterocycles. The number of rotatable bonds is 5. The average Bonchev–Trinajstić information content (AvgIpc) is 3.15. The quantitative estimate of drug-likeness (QED) is 0.583. The van der Waals surface area contributed by atoms with Crippen LogP contribution < -0.4 is 5.32 Å². The van der Waals surface area contributed by atoms with Gasteiger partial charge in [0, 0.05) is 24.9 Å². The molecule has 0 spiro atoms. The second kappa shape index (κ2) is 8.54. The van der Waals surface area contributed by atoms with Gasteiger partial charge in [0.05, 0.1) is 20.0 Å². The number of benzene rings is 2. The van der Waals surface area contributed by atoms with Gasteiger partial charge < -0.3 is 0 Å². The molecule has 4 rings (SSSR count). The SMILES string of the molecule is Cc1ccc(C(=O)Nc2nc3ccc(S(C)(=O)=O)cc3s2)cc1S(=O)(=O)N1CCCCC1. The first-order chi connectivity index (χ1) is 15.1. The van der Waals surface area contributed by atoms with Crippen LogP contribution in [0.4, 0.5) is 5.13 Å². The van der Waals surface area contributed by atoms with Crippen molar-refractivity contribution in [1.29, 1.82) is 0 Å². The van der Waals surface area contributed by atoms with Gasteiger partial charge in [0.2, 0.25) is 10.0 Å². The maximum Gasteiger partial charge on any atom is 0.257 e. The first-order valence-corrected chi connectivity index (χ1v) is 14.2. The first-order valence-electron chi connectivity index (χ1n) is 10.1. The Labute approximate surface area is 191 Å². The number of aryl methyl sites for hydroxylation is 1. The van der Waals surface area contributed by atoms with Crippen LogP contribution in [0.5, 0.6) is 0 Å². The van der Waals surface area contributed by atoms with Crippen LogP contribution in [-0.4, -0.2) is 51.4 Å². The highest BCUT2D eigenvalue weighted by molar-refractivity contribution is 7.90. The van der Waals surface area contributed by atoms with E-state index >= 15 is 0 Å². The minimum atomic E-state index is -3.68. The average molecular weight is 494 g/mol. The summed E-state index contributed by atoms with van der Waals surface area (Å²) in [5.41, 5.74) is 1.36. The molecule has 170 valence electrons. The molecule has 0 atom stereocenters. The number of nitrogens with one attached hydrogen (secondary N) is 1. The van der Waals surface area contributed by atoms with E-state index in [2.05, 4.69) is 10.3 Å². The Balaban J connectivity index is 1.61. The molecule has 1 N–H and O–H groups in total. The molecule has 0 unspecified atom stereocenters. The molecule has 1 amide bonds. The highest BCUT2D eigenvalue weighted by atomic mass is 32.2. The van der Waals surface area contributed by atoms with Gasteiger partial charge in [-0.2, -0.15) is 4.31 Å². The van der Waals surface area contributed by atoms with Crippen molar-refractivity contribution in [3.8, 4) is 0 Å². The highest BCUT2D eigenvalue weighted by Crippen LogP contribution is 2.29. The molecule has 1 aliphatic rings. The third-order valence-electron chi connectivity index (χ3n) is 5.39. The Kier molecular flexibility index (Phi) is 6.10. The van der Waals surface area contributed by atoms with Crippen molar-refractivity contribution in [2.75, 3.05) is 24.7 Å². The van der Waals surface area contributed by atoms with Gasteiger partial charge in [0.15, 0.2) is 15.0 Å². The molecule has 0 bridgehead atoms. The Morgan fingerprint density at radius 2 is 1.75 bits per heavy atom. The van der Waals surface area contributed by atoms with Gasteiger partial charge in [-0.25, -0.2) is 21.8 Å². The molecule has 2 aromatic carbocycles. The van der Waals surface area contributed by atoms with Gasteiger partial charge in [-0.3, -0.25) is 10.1 Å². The van der Waals surface area contributed by atoms with Crippen molar-refractivity contribution in [3.05, 3.63) is 47.5 Å². The van der Waals surface area contributed by atoms with Gasteiger partial charge >= 0.3 is 0 Å². The van der Waals surface area contributed by atoms with Crippen LogP contribution >= 0.6 is 11.3 Å². The molecule has 11 heteroatoms. The van der Waals surface area contributed by atoms with E-state index in [1.807, 2.05) is 0 Å². The van der Waals surface area contributed by atoms with Crippen LogP contribution in [0.15, 0.2) is 46.2 Å². The fraction of sp³-hybridized carbons (Fsp3) is 0.333. The van der Waals surface area contributed by atoms with Crippen molar-refractivity contribution in [2.24, 2.45) is 0 Å². The molecule has 2 heterocycles. The van der Waals surface area contributed by atoms with E-state index in [0.717, 1.165) is 36.9 Å². The maximum absolute atomic E-state index is 13.1. The number of hydrogen-bond acceptors (Lipinski definition) is 7. The number of thiazole rings is 1. The Bertz CT molecular complexity index is 1410. The number of fused-ring (bicyclic) bond motifs is 1. The highest BCUT2D eigenvalue weighted by Gasteiger charge is 2.28. The predicted molar refractivity (Wildman–Crippen MR) is 124 cm³/mol. The number of carbonyl (C=O) groups is 1. The lowest BCUT2D eigenvalue weighted by molar-refractivity contribution is 0.102. The van der Waals surface area contributed by atoms with Crippen LogP contribution in [-0.2, 0) is 19.9 Å². The molecule has 1 fully saturated rings.